The number of nitrogens with one attached hydrogen (secondary N) is 1. The molecule has 0 aliphatic carbocycles. The van der Waals surface area contributed by atoms with Crippen molar-refractivity contribution in [1.29, 1.82) is 0 Å². The summed E-state index contributed by atoms with van der Waals surface area (Å²) in [6, 6.07) is 20.5. The van der Waals surface area contributed by atoms with Gasteiger partial charge < -0.3 is 10.4 Å². The number of para-hydroxylation sites is 1. The van der Waals surface area contributed by atoms with Gasteiger partial charge in [0.05, 0.1) is 15.9 Å². The predicted molar refractivity (Wildman–Crippen MR) is 130 cm³/mol. The molecule has 3 aromatic carbocycles. The number of aryl methyl sites for hydroxylation is 1. The molecule has 4 aromatic rings. The number of nitrogens with zero attached hydrogens (tertiary/aromatic N) is 4. The normalized spacial score (nSPS) is 11.7. The molecule has 0 spiro atoms. The van der Waals surface area contributed by atoms with E-state index in [1.807, 2.05) is 34.9 Å². The number of anilines is 1. The van der Waals surface area contributed by atoms with Crippen molar-refractivity contribution in [3.8, 4) is 22.8 Å². The molecule has 0 saturated heterocycles. The lowest BCUT2D eigenvalue weighted by atomic mass is 10.2. The van der Waals surface area contributed by atoms with Crippen molar-refractivity contribution >= 4 is 29.0 Å². The second-order valence-corrected chi connectivity index (χ2v) is 8.84. The lowest BCUT2D eigenvalue weighted by molar-refractivity contribution is -0.384. The van der Waals surface area contributed by atoms with E-state index in [0.29, 0.717) is 16.7 Å². The number of phenolic OH excluding ortho intramolecular Hbond substituents is 1. The fourth-order valence-electron chi connectivity index (χ4n) is 3.26. The number of hydrogen-bond acceptors (Lipinski definition) is 7. The van der Waals surface area contributed by atoms with E-state index < -0.39 is 10.2 Å². The molecule has 9 nitrogen and oxygen atoms in total. The van der Waals surface area contributed by atoms with Crippen LogP contribution in [0.2, 0.25) is 0 Å². The van der Waals surface area contributed by atoms with E-state index in [4.69, 9.17) is 0 Å². The van der Waals surface area contributed by atoms with Crippen LogP contribution in [0.4, 0.5) is 11.4 Å². The van der Waals surface area contributed by atoms with Gasteiger partial charge in [0.1, 0.15) is 5.75 Å². The van der Waals surface area contributed by atoms with Gasteiger partial charge >= 0.3 is 0 Å². The number of aromatic nitrogens is 3. The first kappa shape index (κ1) is 23.0. The number of non-ortho nitro benzene ring substituents is 1. The lowest BCUT2D eigenvalue weighted by Crippen LogP contribution is -2.23. The number of nitro groups is 1. The lowest BCUT2D eigenvalue weighted by Gasteiger charge is -2.15. The Kier molecular flexibility index (Phi) is 6.60. The molecule has 1 atom stereocenters. The predicted octanol–water partition coefficient (Wildman–Crippen LogP) is 4.98. The minimum Gasteiger partial charge on any atom is -0.508 e. The van der Waals surface area contributed by atoms with Gasteiger partial charge in [-0.1, -0.05) is 36.0 Å². The van der Waals surface area contributed by atoms with Crippen molar-refractivity contribution in [2.45, 2.75) is 24.3 Å². The smallest absolute Gasteiger partial charge is 0.271 e. The Hall–Kier alpha value is -4.18. The van der Waals surface area contributed by atoms with Crippen LogP contribution in [0.1, 0.15) is 12.5 Å². The first-order valence-corrected chi connectivity index (χ1v) is 11.2. The number of aromatic hydroxyl groups is 1. The highest BCUT2D eigenvalue weighted by atomic mass is 32.2. The van der Waals surface area contributed by atoms with Crippen LogP contribution in [-0.2, 0) is 4.79 Å². The molecule has 2 N–H and O–H groups in total. The average Bonchev–Trinajstić information content (AvgIpc) is 3.24. The molecule has 10 heteroatoms. The van der Waals surface area contributed by atoms with Crippen molar-refractivity contribution in [1.82, 2.24) is 14.8 Å². The fourth-order valence-corrected chi connectivity index (χ4v) is 4.13. The second kappa shape index (κ2) is 9.75. The molecule has 34 heavy (non-hydrogen) atoms. The molecule has 172 valence electrons. The zero-order valence-corrected chi connectivity index (χ0v) is 19.2. The van der Waals surface area contributed by atoms with Crippen LogP contribution >= 0.6 is 11.8 Å². The summed E-state index contributed by atoms with van der Waals surface area (Å²) in [6.45, 7) is 3.50. The number of hydrogen-bond donors (Lipinski definition) is 2. The van der Waals surface area contributed by atoms with Crippen molar-refractivity contribution in [3.05, 3.63) is 88.5 Å². The standard InChI is InChI=1S/C24H21N5O4S/c1-15-8-11-19(29(32)33)14-21(15)25-23(31)16(2)34-24-27-26-22(17-9-12-20(30)13-10-17)28(24)18-6-4-3-5-7-18/h3-14,16,30H,1-2H3,(H,25,31)/t16-/m0/s1. The van der Waals surface area contributed by atoms with Crippen LogP contribution in [0.5, 0.6) is 5.75 Å². The van der Waals surface area contributed by atoms with Crippen LogP contribution in [0.3, 0.4) is 0 Å². The van der Waals surface area contributed by atoms with E-state index in [1.54, 1.807) is 44.2 Å². The highest BCUT2D eigenvalue weighted by Gasteiger charge is 2.23. The van der Waals surface area contributed by atoms with Crippen LogP contribution in [0.25, 0.3) is 17.1 Å². The largest absolute Gasteiger partial charge is 0.508 e. The Balaban J connectivity index is 1.62. The number of phenols is 1. The summed E-state index contributed by atoms with van der Waals surface area (Å²) in [5.41, 5.74) is 2.59. The second-order valence-electron chi connectivity index (χ2n) is 7.53. The summed E-state index contributed by atoms with van der Waals surface area (Å²) in [5.74, 6) is 0.393. The molecule has 4 rings (SSSR count). The molecule has 0 saturated carbocycles. The van der Waals surface area contributed by atoms with E-state index in [0.717, 1.165) is 16.8 Å². The molecular formula is C24H21N5O4S. The molecule has 0 radical (unpaired) electrons. The summed E-state index contributed by atoms with van der Waals surface area (Å²) < 4.78 is 1.85. The zero-order chi connectivity index (χ0) is 24.2. The van der Waals surface area contributed by atoms with E-state index in [2.05, 4.69) is 15.5 Å². The fraction of sp³-hybridized carbons (Fsp3) is 0.125. The van der Waals surface area contributed by atoms with Gasteiger partial charge in [-0.15, -0.1) is 10.2 Å². The van der Waals surface area contributed by atoms with Gasteiger partial charge in [-0.3, -0.25) is 19.5 Å². The molecule has 0 fully saturated rings. The quantitative estimate of drug-likeness (QED) is 0.220. The maximum absolute atomic E-state index is 12.9. The van der Waals surface area contributed by atoms with E-state index >= 15 is 0 Å². The molecule has 1 aromatic heterocycles. The first-order chi connectivity index (χ1) is 16.3. The monoisotopic (exact) mass is 475 g/mol. The van der Waals surface area contributed by atoms with Crippen LogP contribution in [-0.4, -0.2) is 36.0 Å². The topological polar surface area (TPSA) is 123 Å². The number of carbonyl (C=O) groups excluding carboxylic acids is 1. The number of nitro benzene ring substituents is 1. The molecule has 0 aliphatic heterocycles. The Morgan fingerprint density at radius 3 is 2.47 bits per heavy atom. The molecule has 0 unspecified atom stereocenters. The van der Waals surface area contributed by atoms with Crippen LogP contribution in [0, 0.1) is 17.0 Å². The minimum absolute atomic E-state index is 0.0939. The highest BCUT2D eigenvalue weighted by molar-refractivity contribution is 8.00. The molecule has 0 bridgehead atoms. The SMILES string of the molecule is Cc1ccc([N+](=O)[O-])cc1NC(=O)[C@H](C)Sc1nnc(-c2ccc(O)cc2)n1-c1ccccc1. The van der Waals surface area contributed by atoms with Gasteiger partial charge in [0.15, 0.2) is 11.0 Å². The van der Waals surface area contributed by atoms with Crippen LogP contribution in [0.15, 0.2) is 78.0 Å². The third-order valence-corrected chi connectivity index (χ3v) is 6.16. The van der Waals surface area contributed by atoms with Gasteiger partial charge in [0, 0.05) is 23.4 Å². The van der Waals surface area contributed by atoms with Crippen LogP contribution < -0.4 is 5.32 Å². The van der Waals surface area contributed by atoms with Gasteiger partial charge in [-0.2, -0.15) is 0 Å². The van der Waals surface area contributed by atoms with E-state index in [-0.39, 0.29) is 17.3 Å². The minimum atomic E-state index is -0.571. The van der Waals surface area contributed by atoms with Gasteiger partial charge in [0.2, 0.25) is 5.91 Å². The summed E-state index contributed by atoms with van der Waals surface area (Å²) >= 11 is 1.22. The van der Waals surface area contributed by atoms with Crippen molar-refractivity contribution < 1.29 is 14.8 Å². The van der Waals surface area contributed by atoms with Crippen molar-refractivity contribution in [2.24, 2.45) is 0 Å². The third kappa shape index (κ3) is 4.91. The average molecular weight is 476 g/mol. The highest BCUT2D eigenvalue weighted by Crippen LogP contribution is 2.31. The maximum Gasteiger partial charge on any atom is 0.271 e. The number of benzene rings is 3. The zero-order valence-electron chi connectivity index (χ0n) is 18.4. The number of carbonyl (C=O) groups is 1. The summed E-state index contributed by atoms with van der Waals surface area (Å²) in [6.07, 6.45) is 0. The summed E-state index contributed by atoms with van der Waals surface area (Å²) in [5, 5.41) is 32.1. The van der Waals surface area contributed by atoms with Crippen molar-refractivity contribution in [3.63, 3.8) is 0 Å². The van der Waals surface area contributed by atoms with Crippen molar-refractivity contribution in [2.75, 3.05) is 5.32 Å². The molecule has 0 aliphatic rings. The summed E-state index contributed by atoms with van der Waals surface area (Å²) in [7, 11) is 0. The summed E-state index contributed by atoms with van der Waals surface area (Å²) in [4.78, 5) is 23.5. The molecule has 1 amide bonds. The maximum atomic E-state index is 12.9. The van der Waals surface area contributed by atoms with Gasteiger partial charge in [-0.25, -0.2) is 0 Å². The first-order valence-electron chi connectivity index (χ1n) is 10.4. The Bertz CT molecular complexity index is 1340. The Labute approximate surface area is 199 Å². The van der Waals surface area contributed by atoms with Gasteiger partial charge in [-0.05, 0) is 55.8 Å². The molecular weight excluding hydrogens is 454 g/mol. The Morgan fingerprint density at radius 1 is 1.09 bits per heavy atom. The number of thioether (sulfide) groups is 1. The van der Waals surface area contributed by atoms with E-state index in [1.165, 1.54) is 23.9 Å². The molecule has 1 heterocycles. The number of rotatable bonds is 7. The number of amides is 1. The van der Waals surface area contributed by atoms with Gasteiger partial charge in [0.25, 0.3) is 5.69 Å². The Morgan fingerprint density at radius 2 is 1.79 bits per heavy atom. The third-order valence-electron chi connectivity index (χ3n) is 5.11. The van der Waals surface area contributed by atoms with E-state index in [9.17, 15) is 20.0 Å².